The number of benzene rings is 2. The topological polar surface area (TPSA) is 150 Å². The molecule has 0 bridgehead atoms. The maximum absolute atomic E-state index is 13.3. The van der Waals surface area contributed by atoms with Gasteiger partial charge >= 0.3 is 0 Å². The molecule has 5 rings (SSSR count). The first-order valence-electron chi connectivity index (χ1n) is 14.2. The van der Waals surface area contributed by atoms with Gasteiger partial charge in [-0.15, -0.1) is 11.3 Å². The lowest BCUT2D eigenvalue weighted by molar-refractivity contribution is -0.143. The van der Waals surface area contributed by atoms with Crippen LogP contribution in [0.25, 0.3) is 10.1 Å². The summed E-state index contributed by atoms with van der Waals surface area (Å²) in [5.41, 5.74) is 0.903. The quantitative estimate of drug-likeness (QED) is 0.334. The van der Waals surface area contributed by atoms with Crippen molar-refractivity contribution in [1.29, 1.82) is 0 Å². The van der Waals surface area contributed by atoms with E-state index in [0.29, 0.717) is 49.2 Å². The number of thiophene rings is 1. The zero-order valence-corrected chi connectivity index (χ0v) is 27.2. The number of likely N-dealkylation sites (tertiary alicyclic amines) is 2. The van der Waals surface area contributed by atoms with Crippen molar-refractivity contribution in [2.75, 3.05) is 31.9 Å². The third kappa shape index (κ3) is 7.42. The normalized spacial score (nSPS) is 19.5. The summed E-state index contributed by atoms with van der Waals surface area (Å²) in [6.45, 7) is 2.46. The van der Waals surface area contributed by atoms with E-state index in [-0.39, 0.29) is 34.1 Å². The van der Waals surface area contributed by atoms with E-state index in [1.165, 1.54) is 23.1 Å². The van der Waals surface area contributed by atoms with Gasteiger partial charge in [0.15, 0.2) is 9.84 Å². The number of fused-ring (bicyclic) bond motifs is 1. The van der Waals surface area contributed by atoms with Gasteiger partial charge in [0.1, 0.15) is 16.0 Å². The fourth-order valence-electron chi connectivity index (χ4n) is 5.49. The Morgan fingerprint density at radius 2 is 1.73 bits per heavy atom. The molecule has 0 aliphatic carbocycles. The average molecular weight is 681 g/mol. The molecule has 2 aromatic carbocycles. The van der Waals surface area contributed by atoms with Crippen molar-refractivity contribution in [3.8, 4) is 0 Å². The molecular formula is C29H33ClN4O7S3. The lowest BCUT2D eigenvalue weighted by atomic mass is 10.1. The summed E-state index contributed by atoms with van der Waals surface area (Å²) >= 11 is 7.11. The maximum Gasteiger partial charge on any atom is 0.250 e. The molecule has 2 atom stereocenters. The smallest absolute Gasteiger partial charge is 0.250 e. The molecule has 1 aromatic heterocycles. The number of aryl methyl sites for hydroxylation is 1. The predicted octanol–water partition coefficient (Wildman–Crippen LogP) is 2.71. The van der Waals surface area contributed by atoms with E-state index in [1.54, 1.807) is 35.2 Å². The highest BCUT2D eigenvalue weighted by atomic mass is 35.5. The standard InChI is InChI=1S/C29H33ClN4O7S3/c1-19-6-9-23(10-7-19)43(38,39)18-26(35)31-16-22-4-2-13-34(22)27(36)17-33-12-3-5-24(29(33)37)32-44(40,41)28-15-20-14-21(30)8-11-25(20)42-28/h6-11,14-15,22,24,32H,2-5,12-13,16-18H2,1H3,(H,31,35)/t22-,24?/m0/s1. The number of nitrogens with one attached hydrogen (secondary N) is 2. The van der Waals surface area contributed by atoms with Gasteiger partial charge in [0.25, 0.3) is 10.0 Å². The minimum absolute atomic E-state index is 0.0662. The SMILES string of the molecule is Cc1ccc(S(=O)(=O)CC(=O)NC[C@@H]2CCCN2C(=O)CN2CCCC(NS(=O)(=O)c3cc4cc(Cl)ccc4s3)C2=O)cc1. The minimum atomic E-state index is -3.99. The zero-order chi connectivity index (χ0) is 31.6. The molecule has 3 heterocycles. The monoisotopic (exact) mass is 680 g/mol. The van der Waals surface area contributed by atoms with E-state index in [4.69, 9.17) is 11.6 Å². The predicted molar refractivity (Wildman–Crippen MR) is 168 cm³/mol. The van der Waals surface area contributed by atoms with E-state index in [2.05, 4.69) is 10.0 Å². The molecule has 0 saturated carbocycles. The van der Waals surface area contributed by atoms with Gasteiger partial charge in [-0.1, -0.05) is 29.3 Å². The molecule has 236 valence electrons. The third-order valence-corrected chi connectivity index (χ3v) is 12.7. The maximum atomic E-state index is 13.3. The molecule has 2 saturated heterocycles. The summed E-state index contributed by atoms with van der Waals surface area (Å²) in [6, 6.07) is 11.5. The van der Waals surface area contributed by atoms with Gasteiger partial charge in [-0.05, 0) is 74.4 Å². The van der Waals surface area contributed by atoms with Crippen LogP contribution in [0.4, 0.5) is 0 Å². The van der Waals surface area contributed by atoms with Crippen LogP contribution in [0.15, 0.2) is 57.6 Å². The van der Waals surface area contributed by atoms with Crippen LogP contribution >= 0.6 is 22.9 Å². The summed E-state index contributed by atoms with van der Waals surface area (Å²) in [6.07, 6.45) is 2.14. The number of hydrogen-bond acceptors (Lipinski definition) is 8. The molecule has 2 aliphatic heterocycles. The number of carbonyl (C=O) groups is 3. The lowest BCUT2D eigenvalue weighted by Gasteiger charge is -2.34. The number of rotatable bonds is 10. The molecule has 2 fully saturated rings. The first-order valence-corrected chi connectivity index (χ1v) is 18.5. The Bertz CT molecular complexity index is 1790. The fraction of sp³-hybridized carbons (Fsp3) is 0.414. The van der Waals surface area contributed by atoms with Gasteiger partial charge in [-0.25, -0.2) is 16.8 Å². The molecule has 2 aliphatic rings. The molecule has 44 heavy (non-hydrogen) atoms. The van der Waals surface area contributed by atoms with Crippen LogP contribution in [-0.4, -0.2) is 88.4 Å². The van der Waals surface area contributed by atoms with Crippen LogP contribution in [0.5, 0.6) is 0 Å². The van der Waals surface area contributed by atoms with E-state index in [1.807, 2.05) is 6.92 Å². The molecule has 11 nitrogen and oxygen atoms in total. The van der Waals surface area contributed by atoms with E-state index in [0.717, 1.165) is 21.6 Å². The highest BCUT2D eigenvalue weighted by Crippen LogP contribution is 2.31. The number of sulfonamides is 1. The second-order valence-electron chi connectivity index (χ2n) is 11.1. The first kappa shape index (κ1) is 32.4. The van der Waals surface area contributed by atoms with Gasteiger partial charge < -0.3 is 15.1 Å². The Hall–Kier alpha value is -3.04. The van der Waals surface area contributed by atoms with Gasteiger partial charge in [0.2, 0.25) is 17.7 Å². The van der Waals surface area contributed by atoms with Crippen LogP contribution in [0.2, 0.25) is 5.02 Å². The van der Waals surface area contributed by atoms with Crippen molar-refractivity contribution >= 4 is 70.6 Å². The first-order chi connectivity index (χ1) is 20.8. The van der Waals surface area contributed by atoms with Crippen LogP contribution in [0, 0.1) is 6.92 Å². The van der Waals surface area contributed by atoms with Crippen LogP contribution in [0.3, 0.4) is 0 Å². The van der Waals surface area contributed by atoms with Crippen LogP contribution in [-0.2, 0) is 34.2 Å². The largest absolute Gasteiger partial charge is 0.353 e. The van der Waals surface area contributed by atoms with Crippen molar-refractivity contribution < 1.29 is 31.2 Å². The molecule has 15 heteroatoms. The van der Waals surface area contributed by atoms with Gasteiger partial charge in [0.05, 0.1) is 11.4 Å². The van der Waals surface area contributed by atoms with E-state index >= 15 is 0 Å². The molecule has 0 spiro atoms. The Kier molecular flexibility index (Phi) is 9.66. The summed E-state index contributed by atoms with van der Waals surface area (Å²) in [4.78, 5) is 42.1. The number of amides is 3. The summed E-state index contributed by atoms with van der Waals surface area (Å²) in [5, 5.41) is 3.82. The minimum Gasteiger partial charge on any atom is -0.353 e. The second kappa shape index (κ2) is 13.1. The van der Waals surface area contributed by atoms with Crippen LogP contribution < -0.4 is 10.0 Å². The number of halogens is 1. The summed E-state index contributed by atoms with van der Waals surface area (Å²) in [5.74, 6) is -2.14. The lowest BCUT2D eigenvalue weighted by Crippen LogP contribution is -2.55. The average Bonchev–Trinajstić information content (AvgIpc) is 3.61. The number of sulfone groups is 1. The number of piperidine rings is 1. The van der Waals surface area contributed by atoms with E-state index in [9.17, 15) is 31.2 Å². The number of carbonyl (C=O) groups excluding carboxylic acids is 3. The Labute approximate surface area is 265 Å². The van der Waals surface area contributed by atoms with E-state index < -0.39 is 43.5 Å². The molecule has 2 N–H and O–H groups in total. The van der Waals surface area contributed by atoms with Gasteiger partial charge in [-0.2, -0.15) is 4.72 Å². The highest BCUT2D eigenvalue weighted by molar-refractivity contribution is 7.92. The molecule has 3 aromatic rings. The number of hydrogen-bond donors (Lipinski definition) is 2. The van der Waals surface area contributed by atoms with Crippen molar-refractivity contribution in [3.63, 3.8) is 0 Å². The highest BCUT2D eigenvalue weighted by Gasteiger charge is 2.36. The Morgan fingerprint density at radius 1 is 1.00 bits per heavy atom. The van der Waals surface area contributed by atoms with Gasteiger partial charge in [-0.3, -0.25) is 14.4 Å². The molecular weight excluding hydrogens is 648 g/mol. The zero-order valence-electron chi connectivity index (χ0n) is 24.0. The van der Waals surface area contributed by atoms with Crippen LogP contribution in [0.1, 0.15) is 31.2 Å². The van der Waals surface area contributed by atoms with Gasteiger partial charge in [0, 0.05) is 35.4 Å². The second-order valence-corrected chi connectivity index (χ2v) is 16.5. The Balaban J connectivity index is 1.16. The van der Waals surface area contributed by atoms with Crippen molar-refractivity contribution in [2.45, 2.75) is 53.8 Å². The molecule has 1 unspecified atom stereocenters. The molecule has 0 radical (unpaired) electrons. The third-order valence-electron chi connectivity index (χ3n) is 7.81. The Morgan fingerprint density at radius 3 is 2.48 bits per heavy atom. The summed E-state index contributed by atoms with van der Waals surface area (Å²) in [7, 11) is -7.80. The van der Waals surface area contributed by atoms with Crippen molar-refractivity contribution in [2.24, 2.45) is 0 Å². The van der Waals surface area contributed by atoms with Crippen molar-refractivity contribution in [3.05, 3.63) is 59.1 Å². The van der Waals surface area contributed by atoms with Crippen molar-refractivity contribution in [1.82, 2.24) is 19.8 Å². The molecule has 3 amide bonds. The summed E-state index contributed by atoms with van der Waals surface area (Å²) < 4.78 is 54.8. The fourth-order valence-corrected chi connectivity index (χ4v) is 9.45. The number of nitrogens with zero attached hydrogens (tertiary/aromatic N) is 2.